The zero-order valence-corrected chi connectivity index (χ0v) is 18.1. The van der Waals surface area contributed by atoms with Gasteiger partial charge in [-0.15, -0.1) is 0 Å². The summed E-state index contributed by atoms with van der Waals surface area (Å²) in [7, 11) is 0. The highest BCUT2D eigenvalue weighted by atomic mass is 19.1. The molecule has 4 rings (SSSR count). The van der Waals surface area contributed by atoms with Gasteiger partial charge in [0.15, 0.2) is 0 Å². The van der Waals surface area contributed by atoms with Crippen LogP contribution in [0, 0.1) is 15.9 Å². The van der Waals surface area contributed by atoms with Crippen LogP contribution in [-0.2, 0) is 4.74 Å². The van der Waals surface area contributed by atoms with E-state index in [0.717, 1.165) is 40.5 Å². The molecule has 2 atom stereocenters. The van der Waals surface area contributed by atoms with Gasteiger partial charge in [-0.25, -0.2) is 9.18 Å². The summed E-state index contributed by atoms with van der Waals surface area (Å²) in [6.07, 6.45) is -3.98. The zero-order chi connectivity index (χ0) is 24.2. The fourth-order valence-electron chi connectivity index (χ4n) is 4.27. The number of nitro groups is 1. The highest BCUT2D eigenvalue weighted by Crippen LogP contribution is 2.44. The number of ether oxygens (including phenoxy) is 1. The van der Waals surface area contributed by atoms with E-state index in [1.165, 1.54) is 0 Å². The fraction of sp³-hybridized carbons (Fsp3) is 0.240. The Morgan fingerprint density at radius 2 is 1.68 bits per heavy atom. The molecule has 3 aromatic rings. The molecule has 0 spiro atoms. The number of fused-ring (bicyclic) bond motifs is 3. The zero-order valence-electron chi connectivity index (χ0n) is 18.1. The molecule has 0 saturated heterocycles. The smallest absolute Gasteiger partial charge is 0.407 e. The minimum absolute atomic E-state index is 0.0575. The van der Waals surface area contributed by atoms with E-state index in [0.29, 0.717) is 0 Å². The van der Waals surface area contributed by atoms with Gasteiger partial charge in [-0.1, -0.05) is 48.5 Å². The molecule has 1 amide bonds. The molecule has 34 heavy (non-hydrogen) atoms. The van der Waals surface area contributed by atoms with Gasteiger partial charge in [-0.05, 0) is 40.8 Å². The second kappa shape index (κ2) is 9.98. The SMILES string of the molecule is O=C(NCCC(O)C(O)c1cc(F)ccc1[N+](=O)[O-])OCC1c2ccccc2-c2ccccc21. The standard InChI is InChI=1S/C25H23FN2O6/c26-15-9-10-22(28(32)33)20(13-15)24(30)23(29)11-12-27-25(31)34-14-21-18-7-3-1-5-16(18)17-6-2-4-8-19(17)21/h1-10,13,21,23-24,29-30H,11-12,14H2,(H,27,31). The fourth-order valence-corrected chi connectivity index (χ4v) is 4.27. The summed E-state index contributed by atoms with van der Waals surface area (Å²) in [5.41, 5.74) is 3.53. The van der Waals surface area contributed by atoms with Crippen LogP contribution in [0.5, 0.6) is 0 Å². The molecule has 3 aromatic carbocycles. The van der Waals surface area contributed by atoms with Crippen LogP contribution < -0.4 is 5.32 Å². The lowest BCUT2D eigenvalue weighted by Gasteiger charge is -2.19. The lowest BCUT2D eigenvalue weighted by Crippen LogP contribution is -2.30. The predicted octanol–water partition coefficient (Wildman–Crippen LogP) is 4.06. The van der Waals surface area contributed by atoms with Crippen LogP contribution in [0.3, 0.4) is 0 Å². The first-order chi connectivity index (χ1) is 16.4. The number of halogens is 1. The van der Waals surface area contributed by atoms with Gasteiger partial charge in [0.2, 0.25) is 0 Å². The number of carbonyl (C=O) groups is 1. The highest BCUT2D eigenvalue weighted by molar-refractivity contribution is 5.79. The second-order valence-corrected chi connectivity index (χ2v) is 8.01. The maximum absolute atomic E-state index is 13.5. The van der Waals surface area contributed by atoms with E-state index >= 15 is 0 Å². The number of rotatable bonds is 8. The lowest BCUT2D eigenvalue weighted by molar-refractivity contribution is -0.386. The van der Waals surface area contributed by atoms with E-state index in [2.05, 4.69) is 5.32 Å². The number of carbonyl (C=O) groups excluding carboxylic acids is 1. The maximum atomic E-state index is 13.5. The van der Waals surface area contributed by atoms with E-state index in [4.69, 9.17) is 4.74 Å². The summed E-state index contributed by atoms with van der Waals surface area (Å²) in [5, 5.41) is 34.1. The van der Waals surface area contributed by atoms with Crippen LogP contribution in [0.2, 0.25) is 0 Å². The molecule has 0 aliphatic heterocycles. The van der Waals surface area contributed by atoms with Gasteiger partial charge in [0, 0.05) is 18.5 Å². The third-order valence-electron chi connectivity index (χ3n) is 5.92. The van der Waals surface area contributed by atoms with Gasteiger partial charge in [-0.2, -0.15) is 0 Å². The van der Waals surface area contributed by atoms with Gasteiger partial charge in [0.1, 0.15) is 18.5 Å². The van der Waals surface area contributed by atoms with Crippen molar-refractivity contribution in [2.45, 2.75) is 24.5 Å². The average Bonchev–Trinajstić information content (AvgIpc) is 3.15. The molecule has 9 heteroatoms. The second-order valence-electron chi connectivity index (χ2n) is 8.01. The maximum Gasteiger partial charge on any atom is 0.407 e. The van der Waals surface area contributed by atoms with E-state index in [-0.39, 0.29) is 31.1 Å². The molecule has 0 bridgehead atoms. The first-order valence-electron chi connectivity index (χ1n) is 10.8. The summed E-state index contributed by atoms with van der Waals surface area (Å²) >= 11 is 0. The van der Waals surface area contributed by atoms with E-state index in [1.807, 2.05) is 48.5 Å². The van der Waals surface area contributed by atoms with Gasteiger partial charge in [0.05, 0.1) is 16.6 Å². The molecule has 8 nitrogen and oxygen atoms in total. The number of benzene rings is 3. The van der Waals surface area contributed by atoms with E-state index < -0.39 is 34.7 Å². The molecule has 176 valence electrons. The molecule has 1 aliphatic rings. The quantitative estimate of drug-likeness (QED) is 0.340. The van der Waals surface area contributed by atoms with Gasteiger partial charge in [-0.3, -0.25) is 10.1 Å². The Morgan fingerprint density at radius 3 is 2.29 bits per heavy atom. The van der Waals surface area contributed by atoms with Gasteiger partial charge in [0.25, 0.3) is 5.69 Å². The summed E-state index contributed by atoms with van der Waals surface area (Å²) in [6.45, 7) is 0.0680. The molecule has 0 fully saturated rings. The Hall–Kier alpha value is -3.82. The molecule has 3 N–H and O–H groups in total. The summed E-state index contributed by atoms with van der Waals surface area (Å²) in [6, 6.07) is 18.5. The van der Waals surface area contributed by atoms with Crippen molar-refractivity contribution in [1.82, 2.24) is 5.32 Å². The number of aliphatic hydroxyl groups is 2. The van der Waals surface area contributed by atoms with Crippen molar-refractivity contribution in [3.63, 3.8) is 0 Å². The first kappa shape index (κ1) is 23.3. The predicted molar refractivity (Wildman–Crippen MR) is 122 cm³/mol. The molecule has 0 aromatic heterocycles. The minimum atomic E-state index is -1.69. The van der Waals surface area contributed by atoms with Gasteiger partial charge >= 0.3 is 6.09 Å². The number of nitrogens with one attached hydrogen (secondary N) is 1. The third-order valence-corrected chi connectivity index (χ3v) is 5.92. The Balaban J connectivity index is 1.31. The van der Waals surface area contributed by atoms with Crippen LogP contribution >= 0.6 is 0 Å². The van der Waals surface area contributed by atoms with Crippen molar-refractivity contribution >= 4 is 11.8 Å². The normalized spacial score (nSPS) is 14.1. The monoisotopic (exact) mass is 466 g/mol. The summed E-state index contributed by atoms with van der Waals surface area (Å²) < 4.78 is 18.9. The Kier molecular flexibility index (Phi) is 6.85. The van der Waals surface area contributed by atoms with E-state index in [9.17, 15) is 29.5 Å². The van der Waals surface area contributed by atoms with Crippen molar-refractivity contribution in [1.29, 1.82) is 0 Å². The molecule has 0 saturated carbocycles. The van der Waals surface area contributed by atoms with Crippen molar-refractivity contribution in [3.8, 4) is 11.1 Å². The topological polar surface area (TPSA) is 122 Å². The Bertz CT molecular complexity index is 1170. The third kappa shape index (κ3) is 4.75. The van der Waals surface area contributed by atoms with Crippen LogP contribution in [0.15, 0.2) is 66.7 Å². The molecule has 1 aliphatic carbocycles. The Labute approximate surface area is 194 Å². The van der Waals surface area contributed by atoms with Crippen molar-refractivity contribution in [3.05, 3.63) is 99.4 Å². The number of amides is 1. The molecular formula is C25H23FN2O6. The lowest BCUT2D eigenvalue weighted by atomic mass is 9.98. The van der Waals surface area contributed by atoms with Crippen LogP contribution in [0.1, 0.15) is 35.1 Å². The van der Waals surface area contributed by atoms with Gasteiger partial charge < -0.3 is 20.3 Å². The number of hydrogen-bond donors (Lipinski definition) is 3. The number of hydrogen-bond acceptors (Lipinski definition) is 6. The number of alkyl carbamates (subject to hydrolysis) is 1. The number of nitrogens with zero attached hydrogens (tertiary/aromatic N) is 1. The first-order valence-corrected chi connectivity index (χ1v) is 10.8. The summed E-state index contributed by atoms with van der Waals surface area (Å²) in [5.74, 6) is -0.872. The molecule has 0 radical (unpaired) electrons. The summed E-state index contributed by atoms with van der Waals surface area (Å²) in [4.78, 5) is 22.6. The van der Waals surface area contributed by atoms with E-state index in [1.54, 1.807) is 0 Å². The minimum Gasteiger partial charge on any atom is -0.449 e. The molecular weight excluding hydrogens is 443 g/mol. The molecule has 0 heterocycles. The largest absolute Gasteiger partial charge is 0.449 e. The highest BCUT2D eigenvalue weighted by Gasteiger charge is 2.29. The van der Waals surface area contributed by atoms with Crippen LogP contribution in [0.25, 0.3) is 11.1 Å². The van der Waals surface area contributed by atoms with Crippen molar-refractivity contribution in [2.24, 2.45) is 0 Å². The van der Waals surface area contributed by atoms with Crippen LogP contribution in [0.4, 0.5) is 14.9 Å². The number of nitro benzene ring substituents is 1. The van der Waals surface area contributed by atoms with Crippen molar-refractivity contribution in [2.75, 3.05) is 13.2 Å². The number of aliphatic hydroxyl groups excluding tert-OH is 2. The average molecular weight is 466 g/mol. The van der Waals surface area contributed by atoms with Crippen molar-refractivity contribution < 1.29 is 29.1 Å². The Morgan fingerprint density at radius 1 is 1.06 bits per heavy atom. The van der Waals surface area contributed by atoms with Crippen LogP contribution in [-0.4, -0.2) is 40.5 Å². The molecule has 2 unspecified atom stereocenters.